The van der Waals surface area contributed by atoms with E-state index in [4.69, 9.17) is 4.74 Å². The van der Waals surface area contributed by atoms with Gasteiger partial charge in [0.25, 0.3) is 5.91 Å². The van der Waals surface area contributed by atoms with Crippen LogP contribution in [-0.4, -0.2) is 54.1 Å². The molecule has 3 rings (SSSR count). The SMILES string of the molecule is C=CC(c1ccc(OC)c(C)c1C)N1CCN(C(=O)c2ccc(O)cc2)CC1. The smallest absolute Gasteiger partial charge is 0.253 e. The van der Waals surface area contributed by atoms with E-state index in [1.165, 1.54) is 11.1 Å². The summed E-state index contributed by atoms with van der Waals surface area (Å²) in [6, 6.07) is 10.7. The molecule has 0 bridgehead atoms. The van der Waals surface area contributed by atoms with Crippen LogP contribution in [-0.2, 0) is 0 Å². The highest BCUT2D eigenvalue weighted by Crippen LogP contribution is 2.32. The van der Waals surface area contributed by atoms with E-state index in [1.807, 2.05) is 17.0 Å². The van der Waals surface area contributed by atoms with Crippen molar-refractivity contribution in [3.8, 4) is 11.5 Å². The molecule has 1 unspecified atom stereocenters. The quantitative estimate of drug-likeness (QED) is 0.804. The van der Waals surface area contributed by atoms with Crippen molar-refractivity contribution in [3.63, 3.8) is 0 Å². The molecule has 0 aromatic heterocycles. The van der Waals surface area contributed by atoms with Gasteiger partial charge in [-0.25, -0.2) is 0 Å². The van der Waals surface area contributed by atoms with Crippen LogP contribution in [0.1, 0.15) is 33.1 Å². The number of nitrogens with zero attached hydrogens (tertiary/aromatic N) is 2. The number of hydrogen-bond acceptors (Lipinski definition) is 4. The summed E-state index contributed by atoms with van der Waals surface area (Å²) in [6.07, 6.45) is 1.98. The van der Waals surface area contributed by atoms with Crippen molar-refractivity contribution >= 4 is 5.91 Å². The van der Waals surface area contributed by atoms with Crippen LogP contribution in [0.15, 0.2) is 49.1 Å². The van der Waals surface area contributed by atoms with E-state index < -0.39 is 0 Å². The summed E-state index contributed by atoms with van der Waals surface area (Å²) >= 11 is 0. The predicted octanol–water partition coefficient (Wildman–Crippen LogP) is 3.70. The Labute approximate surface area is 166 Å². The summed E-state index contributed by atoms with van der Waals surface area (Å²) in [5.41, 5.74) is 4.19. The summed E-state index contributed by atoms with van der Waals surface area (Å²) in [7, 11) is 1.69. The number of carbonyl (C=O) groups is 1. The summed E-state index contributed by atoms with van der Waals surface area (Å²) in [5, 5.41) is 9.41. The number of hydrogen-bond donors (Lipinski definition) is 1. The van der Waals surface area contributed by atoms with E-state index in [0.717, 1.165) is 24.4 Å². The highest BCUT2D eigenvalue weighted by atomic mass is 16.5. The van der Waals surface area contributed by atoms with Gasteiger partial charge in [-0.2, -0.15) is 0 Å². The maximum atomic E-state index is 12.7. The first-order chi connectivity index (χ1) is 13.5. The highest BCUT2D eigenvalue weighted by molar-refractivity contribution is 5.94. The van der Waals surface area contributed by atoms with Crippen molar-refractivity contribution in [2.45, 2.75) is 19.9 Å². The molecule has 0 aliphatic carbocycles. The fourth-order valence-electron chi connectivity index (χ4n) is 3.82. The van der Waals surface area contributed by atoms with E-state index in [2.05, 4.69) is 31.4 Å². The molecule has 1 aliphatic heterocycles. The molecular formula is C23H28N2O3. The fraction of sp³-hybridized carbons (Fsp3) is 0.348. The van der Waals surface area contributed by atoms with Crippen LogP contribution in [0.5, 0.6) is 11.5 Å². The van der Waals surface area contributed by atoms with Crippen LogP contribution in [0.4, 0.5) is 0 Å². The van der Waals surface area contributed by atoms with E-state index in [-0.39, 0.29) is 17.7 Å². The lowest BCUT2D eigenvalue weighted by molar-refractivity contribution is 0.0601. The molecular weight excluding hydrogens is 352 g/mol. The van der Waals surface area contributed by atoms with Gasteiger partial charge < -0.3 is 14.7 Å². The second-order valence-electron chi connectivity index (χ2n) is 7.16. The number of amides is 1. The van der Waals surface area contributed by atoms with Crippen molar-refractivity contribution < 1.29 is 14.6 Å². The zero-order chi connectivity index (χ0) is 20.3. The Kier molecular flexibility index (Phi) is 6.05. The average molecular weight is 380 g/mol. The van der Waals surface area contributed by atoms with Gasteiger partial charge in [-0.3, -0.25) is 9.69 Å². The van der Waals surface area contributed by atoms with Crippen molar-refractivity contribution in [3.05, 3.63) is 71.3 Å². The number of piperazine rings is 1. The molecule has 1 amide bonds. The molecule has 0 spiro atoms. The Morgan fingerprint density at radius 2 is 1.71 bits per heavy atom. The minimum absolute atomic E-state index is 0.00581. The molecule has 28 heavy (non-hydrogen) atoms. The number of ether oxygens (including phenoxy) is 1. The largest absolute Gasteiger partial charge is 0.508 e. The monoisotopic (exact) mass is 380 g/mol. The van der Waals surface area contributed by atoms with Crippen molar-refractivity contribution in [1.29, 1.82) is 0 Å². The topological polar surface area (TPSA) is 53.0 Å². The molecule has 148 valence electrons. The van der Waals surface area contributed by atoms with E-state index in [0.29, 0.717) is 18.7 Å². The third-order valence-electron chi connectivity index (χ3n) is 5.65. The number of carbonyl (C=O) groups excluding carboxylic acids is 1. The lowest BCUT2D eigenvalue weighted by atomic mass is 9.95. The molecule has 1 N–H and O–H groups in total. The van der Waals surface area contributed by atoms with Gasteiger partial charge in [0.1, 0.15) is 11.5 Å². The molecule has 0 saturated carbocycles. The second kappa shape index (κ2) is 8.48. The Bertz CT molecular complexity index is 853. The molecule has 0 radical (unpaired) electrons. The van der Waals surface area contributed by atoms with Gasteiger partial charge in [0.2, 0.25) is 0 Å². The van der Waals surface area contributed by atoms with Crippen molar-refractivity contribution in [2.75, 3.05) is 33.3 Å². The Morgan fingerprint density at radius 3 is 2.29 bits per heavy atom. The maximum absolute atomic E-state index is 12.7. The van der Waals surface area contributed by atoms with Crippen molar-refractivity contribution in [2.24, 2.45) is 0 Å². The number of phenolic OH excluding ortho intramolecular Hbond substituents is 1. The predicted molar refractivity (Wildman–Crippen MR) is 111 cm³/mol. The van der Waals surface area contributed by atoms with Crippen LogP contribution in [0, 0.1) is 13.8 Å². The van der Waals surface area contributed by atoms with Gasteiger partial charge in [-0.15, -0.1) is 6.58 Å². The molecule has 5 heteroatoms. The Morgan fingerprint density at radius 1 is 1.07 bits per heavy atom. The molecule has 1 aliphatic rings. The number of methoxy groups -OCH3 is 1. The van der Waals surface area contributed by atoms with Gasteiger partial charge in [0.05, 0.1) is 13.2 Å². The highest BCUT2D eigenvalue weighted by Gasteiger charge is 2.27. The fourth-order valence-corrected chi connectivity index (χ4v) is 3.82. The summed E-state index contributed by atoms with van der Waals surface area (Å²) in [6.45, 7) is 11.1. The van der Waals surface area contributed by atoms with Gasteiger partial charge in [-0.05, 0) is 60.9 Å². The average Bonchev–Trinajstić information content (AvgIpc) is 2.72. The second-order valence-corrected chi connectivity index (χ2v) is 7.16. The maximum Gasteiger partial charge on any atom is 0.253 e. The first-order valence-corrected chi connectivity index (χ1v) is 9.55. The third kappa shape index (κ3) is 3.90. The van der Waals surface area contributed by atoms with Gasteiger partial charge in [0.15, 0.2) is 0 Å². The molecule has 1 fully saturated rings. The van der Waals surface area contributed by atoms with Crippen LogP contribution >= 0.6 is 0 Å². The summed E-state index contributed by atoms with van der Waals surface area (Å²) in [5.74, 6) is 1.07. The molecule has 2 aromatic carbocycles. The minimum Gasteiger partial charge on any atom is -0.508 e. The first-order valence-electron chi connectivity index (χ1n) is 9.55. The summed E-state index contributed by atoms with van der Waals surface area (Å²) in [4.78, 5) is 16.9. The third-order valence-corrected chi connectivity index (χ3v) is 5.65. The van der Waals surface area contributed by atoms with Crippen molar-refractivity contribution in [1.82, 2.24) is 9.80 Å². The van der Waals surface area contributed by atoms with Crippen LogP contribution in [0.2, 0.25) is 0 Å². The molecule has 1 heterocycles. The molecule has 1 atom stereocenters. The van der Waals surface area contributed by atoms with Gasteiger partial charge >= 0.3 is 0 Å². The number of aromatic hydroxyl groups is 1. The summed E-state index contributed by atoms with van der Waals surface area (Å²) < 4.78 is 5.43. The zero-order valence-corrected chi connectivity index (χ0v) is 16.8. The van der Waals surface area contributed by atoms with Crippen LogP contribution < -0.4 is 4.74 Å². The lowest BCUT2D eigenvalue weighted by Crippen LogP contribution is -2.49. The molecule has 2 aromatic rings. The normalized spacial score (nSPS) is 15.9. The molecule has 1 saturated heterocycles. The Balaban J connectivity index is 1.71. The standard InChI is InChI=1S/C23H28N2O3/c1-5-21(20-10-11-22(28-4)17(3)16(20)2)24-12-14-25(15-13-24)23(27)18-6-8-19(26)9-7-18/h5-11,21,26H,1,12-15H2,2-4H3. The van der Waals surface area contributed by atoms with Gasteiger partial charge in [-0.1, -0.05) is 12.1 Å². The zero-order valence-electron chi connectivity index (χ0n) is 16.8. The lowest BCUT2D eigenvalue weighted by Gasteiger charge is -2.39. The number of phenols is 1. The van der Waals surface area contributed by atoms with E-state index in [1.54, 1.807) is 31.4 Å². The number of benzene rings is 2. The van der Waals surface area contributed by atoms with Crippen LogP contribution in [0.3, 0.4) is 0 Å². The first kappa shape index (κ1) is 20.0. The van der Waals surface area contributed by atoms with Gasteiger partial charge in [0, 0.05) is 31.7 Å². The minimum atomic E-state index is 0.00581. The molecule has 5 nitrogen and oxygen atoms in total. The van der Waals surface area contributed by atoms with Crippen LogP contribution in [0.25, 0.3) is 0 Å². The van der Waals surface area contributed by atoms with E-state index in [9.17, 15) is 9.90 Å². The van der Waals surface area contributed by atoms with E-state index >= 15 is 0 Å². The number of rotatable bonds is 5. The Hall–Kier alpha value is -2.79.